The van der Waals surface area contributed by atoms with Crippen LogP contribution in [0.15, 0.2) is 27.9 Å². The first-order valence-corrected chi connectivity index (χ1v) is 11.8. The lowest BCUT2D eigenvalue weighted by molar-refractivity contribution is -0.121. The van der Waals surface area contributed by atoms with Crippen molar-refractivity contribution >= 4 is 17.4 Å². The van der Waals surface area contributed by atoms with E-state index in [0.29, 0.717) is 6.54 Å². The monoisotopic (exact) mass is 442 g/mol. The van der Waals surface area contributed by atoms with Gasteiger partial charge in [0.1, 0.15) is 5.82 Å². The predicted molar refractivity (Wildman–Crippen MR) is 125 cm³/mol. The van der Waals surface area contributed by atoms with Crippen molar-refractivity contribution in [2.75, 3.05) is 23.7 Å². The smallest absolute Gasteiger partial charge is 0.330 e. The number of carbonyl (C=O) groups is 1. The Morgan fingerprint density at radius 2 is 2.00 bits per heavy atom. The van der Waals surface area contributed by atoms with Crippen LogP contribution in [0.1, 0.15) is 64.1 Å². The standard InChI is InChI=1S/C23H34N6O3/c1-3-4-12-28-21(24)20(22(31)25-23(28)32)29(17-8-5-6-9-17)19(30)15-27-14-13-26-11-7-10-18(26)16(27)2/h7,10-11,16-17H,3-6,8-9,12-15,24H2,1-2H3,(H,25,31,32). The van der Waals surface area contributed by atoms with Gasteiger partial charge in [0.2, 0.25) is 5.91 Å². The maximum atomic E-state index is 13.7. The van der Waals surface area contributed by atoms with E-state index in [2.05, 4.69) is 33.6 Å². The second-order valence-electron chi connectivity index (χ2n) is 8.97. The zero-order chi connectivity index (χ0) is 22.8. The first-order valence-electron chi connectivity index (χ1n) is 11.8. The molecule has 1 unspecified atom stereocenters. The molecule has 0 radical (unpaired) electrons. The summed E-state index contributed by atoms with van der Waals surface area (Å²) in [6.45, 7) is 6.33. The number of nitrogens with one attached hydrogen (secondary N) is 1. The van der Waals surface area contributed by atoms with Gasteiger partial charge in [0.25, 0.3) is 5.56 Å². The van der Waals surface area contributed by atoms with Gasteiger partial charge in [-0.25, -0.2) is 4.79 Å². The Balaban J connectivity index is 1.67. The SMILES string of the molecule is CCCCn1c(N)c(N(C(=O)CN2CCn3cccc3C2C)C2CCCC2)c(=O)[nH]c1=O. The summed E-state index contributed by atoms with van der Waals surface area (Å²) >= 11 is 0. The quantitative estimate of drug-likeness (QED) is 0.682. The van der Waals surface area contributed by atoms with Crippen LogP contribution >= 0.6 is 0 Å². The van der Waals surface area contributed by atoms with Crippen molar-refractivity contribution in [1.82, 2.24) is 19.0 Å². The van der Waals surface area contributed by atoms with Crippen LogP contribution < -0.4 is 21.9 Å². The van der Waals surface area contributed by atoms with Gasteiger partial charge in [0.15, 0.2) is 5.69 Å². The van der Waals surface area contributed by atoms with Gasteiger partial charge >= 0.3 is 5.69 Å². The largest absolute Gasteiger partial charge is 0.383 e. The highest BCUT2D eigenvalue weighted by Gasteiger charge is 2.35. The van der Waals surface area contributed by atoms with E-state index in [9.17, 15) is 14.4 Å². The molecule has 0 saturated heterocycles. The molecule has 9 heteroatoms. The Kier molecular flexibility index (Phi) is 6.55. The fourth-order valence-electron chi connectivity index (χ4n) is 5.11. The van der Waals surface area contributed by atoms with E-state index in [4.69, 9.17) is 5.73 Å². The third-order valence-corrected chi connectivity index (χ3v) is 6.96. The molecule has 0 aromatic carbocycles. The molecule has 2 aromatic heterocycles. The van der Waals surface area contributed by atoms with Gasteiger partial charge < -0.3 is 15.2 Å². The van der Waals surface area contributed by atoms with Crippen LogP contribution in [0.2, 0.25) is 0 Å². The van der Waals surface area contributed by atoms with Crippen LogP contribution in [0.4, 0.5) is 11.5 Å². The average molecular weight is 443 g/mol. The second kappa shape index (κ2) is 9.36. The Morgan fingerprint density at radius 1 is 1.25 bits per heavy atom. The summed E-state index contributed by atoms with van der Waals surface area (Å²) in [6.07, 6.45) is 7.40. The van der Waals surface area contributed by atoms with Gasteiger partial charge in [-0.1, -0.05) is 26.2 Å². The third kappa shape index (κ3) is 4.13. The molecule has 0 spiro atoms. The number of anilines is 2. The minimum atomic E-state index is -0.582. The van der Waals surface area contributed by atoms with Crippen LogP contribution in [0.3, 0.4) is 0 Å². The van der Waals surface area contributed by atoms with Gasteiger partial charge in [0.05, 0.1) is 6.54 Å². The second-order valence-corrected chi connectivity index (χ2v) is 8.97. The Labute approximate surface area is 187 Å². The normalized spacial score (nSPS) is 19.2. The Morgan fingerprint density at radius 3 is 2.72 bits per heavy atom. The molecular weight excluding hydrogens is 408 g/mol. The van der Waals surface area contributed by atoms with Gasteiger partial charge in [-0.3, -0.25) is 24.0 Å². The number of fused-ring (bicyclic) bond motifs is 1. The molecule has 3 N–H and O–H groups in total. The summed E-state index contributed by atoms with van der Waals surface area (Å²) in [7, 11) is 0. The number of unbranched alkanes of at least 4 members (excludes halogenated alkanes) is 1. The molecule has 1 saturated carbocycles. The van der Waals surface area contributed by atoms with E-state index in [1.807, 2.05) is 13.0 Å². The average Bonchev–Trinajstić information content (AvgIpc) is 3.45. The number of H-pyrrole nitrogens is 1. The number of amides is 1. The van der Waals surface area contributed by atoms with Crippen molar-refractivity contribution in [3.05, 3.63) is 44.9 Å². The van der Waals surface area contributed by atoms with Crippen molar-refractivity contribution < 1.29 is 4.79 Å². The molecule has 1 fully saturated rings. The van der Waals surface area contributed by atoms with Gasteiger partial charge in [-0.15, -0.1) is 0 Å². The van der Waals surface area contributed by atoms with Crippen LogP contribution in [0, 0.1) is 0 Å². The van der Waals surface area contributed by atoms with E-state index in [1.165, 1.54) is 10.3 Å². The minimum Gasteiger partial charge on any atom is -0.383 e. The molecule has 2 aromatic rings. The van der Waals surface area contributed by atoms with Crippen LogP contribution in [0.5, 0.6) is 0 Å². The van der Waals surface area contributed by atoms with Gasteiger partial charge in [0, 0.05) is 43.6 Å². The zero-order valence-corrected chi connectivity index (χ0v) is 19.0. The molecule has 1 aliphatic carbocycles. The van der Waals surface area contributed by atoms with Crippen molar-refractivity contribution in [2.45, 2.75) is 77.5 Å². The van der Waals surface area contributed by atoms with E-state index < -0.39 is 11.2 Å². The van der Waals surface area contributed by atoms with E-state index >= 15 is 0 Å². The molecule has 9 nitrogen and oxygen atoms in total. The summed E-state index contributed by atoms with van der Waals surface area (Å²) in [5, 5.41) is 0. The topological polar surface area (TPSA) is 109 Å². The lowest BCUT2D eigenvalue weighted by Crippen LogP contribution is -2.50. The highest BCUT2D eigenvalue weighted by molar-refractivity contribution is 5.97. The highest BCUT2D eigenvalue weighted by atomic mass is 16.2. The van der Waals surface area contributed by atoms with Gasteiger partial charge in [-0.2, -0.15) is 0 Å². The number of rotatable bonds is 7. The van der Waals surface area contributed by atoms with Crippen LogP contribution in [0.25, 0.3) is 0 Å². The predicted octanol–water partition coefficient (Wildman–Crippen LogP) is 2.07. The van der Waals surface area contributed by atoms with Crippen molar-refractivity contribution in [3.8, 4) is 0 Å². The molecule has 1 amide bonds. The highest BCUT2D eigenvalue weighted by Crippen LogP contribution is 2.31. The fraction of sp³-hybridized carbons (Fsp3) is 0.609. The first-order chi connectivity index (χ1) is 15.4. The number of aromatic amines is 1. The van der Waals surface area contributed by atoms with Crippen molar-refractivity contribution in [2.24, 2.45) is 0 Å². The molecule has 0 bridgehead atoms. The first kappa shape index (κ1) is 22.4. The minimum absolute atomic E-state index is 0.0769. The number of hydrogen-bond donors (Lipinski definition) is 2. The molecule has 4 rings (SSSR count). The number of carbonyl (C=O) groups excluding carboxylic acids is 1. The summed E-state index contributed by atoms with van der Waals surface area (Å²) < 4.78 is 3.61. The number of nitrogens with zero attached hydrogens (tertiary/aromatic N) is 4. The van der Waals surface area contributed by atoms with Crippen LogP contribution in [-0.4, -0.2) is 44.1 Å². The maximum Gasteiger partial charge on any atom is 0.330 e. The Bertz CT molecular complexity index is 1080. The molecule has 3 heterocycles. The van der Waals surface area contributed by atoms with E-state index in [0.717, 1.165) is 51.6 Å². The third-order valence-electron chi connectivity index (χ3n) is 6.96. The summed E-state index contributed by atoms with van der Waals surface area (Å²) in [5.41, 5.74) is 6.58. The summed E-state index contributed by atoms with van der Waals surface area (Å²) in [6, 6.07) is 4.14. The summed E-state index contributed by atoms with van der Waals surface area (Å²) in [5.74, 6) is -0.0466. The molecule has 32 heavy (non-hydrogen) atoms. The molecule has 1 atom stereocenters. The fourth-order valence-corrected chi connectivity index (χ4v) is 5.11. The number of nitrogen functional groups attached to an aromatic ring is 1. The van der Waals surface area contributed by atoms with Crippen molar-refractivity contribution in [1.29, 1.82) is 0 Å². The molecule has 174 valence electrons. The summed E-state index contributed by atoms with van der Waals surface area (Å²) in [4.78, 5) is 45.2. The molecule has 1 aliphatic heterocycles. The Hall–Kier alpha value is -2.81. The zero-order valence-electron chi connectivity index (χ0n) is 19.0. The lowest BCUT2D eigenvalue weighted by Gasteiger charge is -2.37. The van der Waals surface area contributed by atoms with Crippen molar-refractivity contribution in [3.63, 3.8) is 0 Å². The molecule has 2 aliphatic rings. The maximum absolute atomic E-state index is 13.7. The lowest BCUT2D eigenvalue weighted by atomic mass is 10.1. The molecular formula is C23H34N6O3. The van der Waals surface area contributed by atoms with E-state index in [-0.39, 0.29) is 36.0 Å². The number of aromatic nitrogens is 3. The van der Waals surface area contributed by atoms with Crippen LogP contribution in [-0.2, 0) is 17.9 Å². The van der Waals surface area contributed by atoms with E-state index in [1.54, 1.807) is 4.90 Å². The number of hydrogen-bond acceptors (Lipinski definition) is 5. The van der Waals surface area contributed by atoms with Gasteiger partial charge in [-0.05, 0) is 38.3 Å². The number of nitrogens with two attached hydrogens (primary N) is 1.